The molecule has 2 rings (SSSR count). The third-order valence-electron chi connectivity index (χ3n) is 3.26. The molecule has 2 aromatic rings. The Morgan fingerprint density at radius 2 is 1.68 bits per heavy atom. The maximum absolute atomic E-state index is 11.3. The summed E-state index contributed by atoms with van der Waals surface area (Å²) in [6.07, 6.45) is -5.08. The van der Waals surface area contributed by atoms with Crippen LogP contribution >= 0.6 is 0 Å². The van der Waals surface area contributed by atoms with Crippen LogP contribution in [0.2, 0.25) is 0 Å². The second-order valence-corrected chi connectivity index (χ2v) is 6.24. The summed E-state index contributed by atoms with van der Waals surface area (Å²) in [6.45, 7) is 2.22. The monoisotopic (exact) mass is 432 g/mol. The van der Waals surface area contributed by atoms with E-state index in [0.29, 0.717) is 0 Å². The molecule has 1 unspecified atom stereocenters. The smallest absolute Gasteiger partial charge is 0.477 e. The van der Waals surface area contributed by atoms with Crippen LogP contribution in [0.25, 0.3) is 5.69 Å². The molecular weight excluding hydrogens is 414 g/mol. The Balaban J connectivity index is 0.000000295. The Labute approximate surface area is 159 Å². The lowest BCUT2D eigenvalue weighted by molar-refractivity contribution is -0.659. The van der Waals surface area contributed by atoms with Crippen LogP contribution in [0.5, 0.6) is 0 Å². The van der Waals surface area contributed by atoms with Crippen molar-refractivity contribution < 1.29 is 39.8 Å². The predicted molar refractivity (Wildman–Crippen MR) is 86.2 cm³/mol. The number of aryl methyl sites for hydroxylation is 1. The highest BCUT2D eigenvalue weighted by Gasteiger charge is 2.55. The van der Waals surface area contributed by atoms with Crippen LogP contribution < -0.4 is 4.68 Å². The molecule has 1 aromatic carbocycles. The largest absolute Gasteiger partial charge is 0.759 e. The summed E-state index contributed by atoms with van der Waals surface area (Å²) in [5, 5.41) is 7.32. The van der Waals surface area contributed by atoms with Gasteiger partial charge in [-0.3, -0.25) is 4.21 Å². The Bertz CT molecular complexity index is 722. The first-order valence-corrected chi connectivity index (χ1v) is 9.04. The van der Waals surface area contributed by atoms with Crippen molar-refractivity contribution in [2.45, 2.75) is 45.2 Å². The molecule has 1 atom stereocenters. The number of hydrogen-bond donors (Lipinski definition) is 1. The summed E-state index contributed by atoms with van der Waals surface area (Å²) in [4.78, 5) is 0. The van der Waals surface area contributed by atoms with Crippen molar-refractivity contribution in [3.05, 3.63) is 42.2 Å². The average molecular weight is 432 g/mol. The highest BCUT2D eigenvalue weighted by Crippen LogP contribution is 2.34. The second kappa shape index (κ2) is 10.5. The maximum Gasteiger partial charge on any atom is 0.477 e. The molecule has 0 radical (unpaired) electrons. The summed E-state index contributed by atoms with van der Waals surface area (Å²) in [7, 11) is 0. The first-order valence-electron chi connectivity index (χ1n) is 8.01. The van der Waals surface area contributed by atoms with E-state index in [4.69, 9.17) is 0 Å². The number of hydrogen-bond acceptors (Lipinski definition) is 3. The molecule has 0 saturated heterocycles. The summed E-state index contributed by atoms with van der Waals surface area (Å²) in [5.74, 6) is 0. The topological polar surface area (TPSA) is 75.9 Å². The van der Waals surface area contributed by atoms with Gasteiger partial charge in [0.1, 0.15) is 0 Å². The number of unbranched alkanes of at least 4 members (excludes halogenated alkanes) is 2. The molecule has 6 nitrogen and oxygen atoms in total. The van der Waals surface area contributed by atoms with Crippen LogP contribution in [0.1, 0.15) is 31.9 Å². The first kappa shape index (κ1) is 24.0. The quantitative estimate of drug-likeness (QED) is 0.249. The molecule has 28 heavy (non-hydrogen) atoms. The van der Waals surface area contributed by atoms with Crippen molar-refractivity contribution in [3.63, 3.8) is 0 Å². The number of para-hydroxylation sites is 1. The Morgan fingerprint density at radius 3 is 2.11 bits per heavy atom. The molecule has 1 heterocycles. The SMILES string of the molecule is CCCCCc1c[n+](-c2ccccc2)[nH]n1.O=S([O-])N(C(F)(F)F)C(F)(F)F. The van der Waals surface area contributed by atoms with Crippen molar-refractivity contribution in [2.24, 2.45) is 0 Å². The van der Waals surface area contributed by atoms with E-state index in [1.165, 1.54) is 19.3 Å². The average Bonchev–Trinajstić information content (AvgIpc) is 3.02. The van der Waals surface area contributed by atoms with Crippen molar-refractivity contribution in [1.82, 2.24) is 14.6 Å². The van der Waals surface area contributed by atoms with Crippen molar-refractivity contribution >= 4 is 11.3 Å². The molecule has 0 aliphatic carbocycles. The van der Waals surface area contributed by atoms with E-state index in [-0.39, 0.29) is 0 Å². The second-order valence-electron chi connectivity index (χ2n) is 5.44. The number of alkyl halides is 6. The van der Waals surface area contributed by atoms with Crippen molar-refractivity contribution in [1.29, 1.82) is 0 Å². The third kappa shape index (κ3) is 7.94. The van der Waals surface area contributed by atoms with E-state index in [1.54, 1.807) is 0 Å². The zero-order valence-corrected chi connectivity index (χ0v) is 15.4. The minimum Gasteiger partial charge on any atom is -0.759 e. The zero-order chi connectivity index (χ0) is 21.4. The molecule has 1 N–H and O–H groups in total. The van der Waals surface area contributed by atoms with Gasteiger partial charge in [0.05, 0.1) is 0 Å². The number of H-pyrrole nitrogens is 1. The highest BCUT2D eigenvalue weighted by molar-refractivity contribution is 7.76. The van der Waals surface area contributed by atoms with E-state index in [1.807, 2.05) is 22.9 Å². The molecule has 0 aliphatic heterocycles. The Morgan fingerprint density at radius 1 is 1.11 bits per heavy atom. The van der Waals surface area contributed by atoms with Crippen LogP contribution in [0.15, 0.2) is 36.5 Å². The summed E-state index contributed by atoms with van der Waals surface area (Å²) in [5.41, 5.74) is 2.26. The molecule has 158 valence electrons. The van der Waals surface area contributed by atoms with Gasteiger partial charge in [-0.05, 0) is 22.9 Å². The van der Waals surface area contributed by atoms with Gasteiger partial charge in [0.2, 0.25) is 5.69 Å². The van der Waals surface area contributed by atoms with E-state index in [2.05, 4.69) is 35.6 Å². The van der Waals surface area contributed by atoms with Gasteiger partial charge in [-0.2, -0.15) is 26.3 Å². The minimum atomic E-state index is -5.98. The maximum atomic E-state index is 11.3. The zero-order valence-electron chi connectivity index (χ0n) is 14.6. The molecule has 0 aliphatic rings. The fourth-order valence-electron chi connectivity index (χ4n) is 2.04. The molecule has 1 aromatic heterocycles. The minimum absolute atomic E-state index is 1.06. The molecule has 0 amide bonds. The number of aromatic amines is 1. The van der Waals surface area contributed by atoms with Crippen LogP contribution in [0.4, 0.5) is 26.3 Å². The molecule has 0 bridgehead atoms. The molecule has 0 saturated carbocycles. The van der Waals surface area contributed by atoms with Crippen LogP contribution in [0.3, 0.4) is 0 Å². The normalized spacial score (nSPS) is 13.2. The lowest BCUT2D eigenvalue weighted by Gasteiger charge is -2.27. The van der Waals surface area contributed by atoms with Gasteiger partial charge in [-0.15, -0.1) is 4.68 Å². The van der Waals surface area contributed by atoms with E-state index >= 15 is 0 Å². The van der Waals surface area contributed by atoms with Gasteiger partial charge in [-0.1, -0.05) is 43.2 Å². The molecule has 13 heteroatoms. The lowest BCUT2D eigenvalue weighted by Crippen LogP contribution is -2.48. The molecule has 0 fully saturated rings. The number of nitrogens with one attached hydrogen (secondary N) is 1. The van der Waals surface area contributed by atoms with Crippen LogP contribution in [0, 0.1) is 0 Å². The lowest BCUT2D eigenvalue weighted by atomic mass is 10.2. The number of halogens is 6. The van der Waals surface area contributed by atoms with Gasteiger partial charge >= 0.3 is 12.6 Å². The Hall–Kier alpha value is -1.99. The first-order chi connectivity index (χ1) is 13.0. The number of rotatable bonds is 6. The van der Waals surface area contributed by atoms with Gasteiger partial charge in [-0.25, -0.2) is 0 Å². The predicted octanol–water partition coefficient (Wildman–Crippen LogP) is 3.54. The molecule has 0 spiro atoms. The van der Waals surface area contributed by atoms with E-state index in [0.717, 1.165) is 17.8 Å². The number of nitrogens with zero attached hydrogens (tertiary/aromatic N) is 3. The molecular formula is C15H18F6N4O2S. The van der Waals surface area contributed by atoms with E-state index in [9.17, 15) is 35.1 Å². The van der Waals surface area contributed by atoms with Crippen molar-refractivity contribution in [3.8, 4) is 5.69 Å². The van der Waals surface area contributed by atoms with Crippen LogP contribution in [-0.2, 0) is 17.7 Å². The van der Waals surface area contributed by atoms with Gasteiger partial charge in [0.25, 0.3) is 0 Å². The fraction of sp³-hybridized carbons (Fsp3) is 0.467. The van der Waals surface area contributed by atoms with Gasteiger partial charge in [0.15, 0.2) is 11.9 Å². The Kier molecular flexibility index (Phi) is 9.04. The highest BCUT2D eigenvalue weighted by atomic mass is 32.2. The fourth-order valence-corrected chi connectivity index (χ4v) is 2.37. The number of benzene rings is 1. The van der Waals surface area contributed by atoms with E-state index < -0.39 is 28.2 Å². The van der Waals surface area contributed by atoms with Crippen molar-refractivity contribution in [2.75, 3.05) is 0 Å². The van der Waals surface area contributed by atoms with Gasteiger partial charge in [0, 0.05) is 22.8 Å². The van der Waals surface area contributed by atoms with Crippen LogP contribution in [-0.4, -0.2) is 36.0 Å². The standard InChI is InChI=1S/C13H17N3.C2HF6NO2S/c1-2-3-5-8-12-11-16(15-14-12)13-9-6-4-7-10-13;3-1(4,5)9(12(10)11)2(6,7)8/h4,6-7,9-11H,2-3,5,8H2,1H3;(H,10,11). The number of aromatic nitrogens is 3. The third-order valence-corrected chi connectivity index (χ3v) is 3.97. The summed E-state index contributed by atoms with van der Waals surface area (Å²) < 4.78 is 86.1. The summed E-state index contributed by atoms with van der Waals surface area (Å²) >= 11 is -4.41. The van der Waals surface area contributed by atoms with Gasteiger partial charge < -0.3 is 4.55 Å². The summed E-state index contributed by atoms with van der Waals surface area (Å²) in [6, 6.07) is 10.2.